The van der Waals surface area contributed by atoms with Crippen molar-refractivity contribution in [2.45, 2.75) is 50.8 Å². The van der Waals surface area contributed by atoms with Crippen LogP contribution in [0.3, 0.4) is 0 Å². The van der Waals surface area contributed by atoms with Crippen LogP contribution in [-0.2, 0) is 19.6 Å². The van der Waals surface area contributed by atoms with Crippen molar-refractivity contribution in [2.75, 3.05) is 39.4 Å². The van der Waals surface area contributed by atoms with Gasteiger partial charge in [0.05, 0.1) is 6.67 Å². The van der Waals surface area contributed by atoms with E-state index in [1.807, 2.05) is 0 Å². The number of sulfonamides is 1. The molecule has 1 aromatic heterocycles. The van der Waals surface area contributed by atoms with Crippen molar-refractivity contribution >= 4 is 27.9 Å². The van der Waals surface area contributed by atoms with Gasteiger partial charge in [-0.15, -0.1) is 0 Å². The van der Waals surface area contributed by atoms with Crippen LogP contribution in [0.4, 0.5) is 4.79 Å². The normalized spacial score (nSPS) is 21.3. The van der Waals surface area contributed by atoms with Gasteiger partial charge >= 0.3 is 17.8 Å². The highest BCUT2D eigenvalue weighted by Gasteiger charge is 2.45. The van der Waals surface area contributed by atoms with Crippen LogP contribution in [-0.4, -0.2) is 89.8 Å². The molecule has 180 valence electrons. The van der Waals surface area contributed by atoms with Crippen LogP contribution in [0.25, 0.3) is 0 Å². The van der Waals surface area contributed by atoms with Gasteiger partial charge in [-0.3, -0.25) is 19.4 Å². The quantitative estimate of drug-likeness (QED) is 0.325. The number of imide groups is 2. The first-order valence-electron chi connectivity index (χ1n) is 11.2. The lowest BCUT2D eigenvalue weighted by Gasteiger charge is -2.35. The summed E-state index contributed by atoms with van der Waals surface area (Å²) in [5.74, 6) is -1.38. The Hall–Kier alpha value is -2.57. The van der Waals surface area contributed by atoms with E-state index in [9.17, 15) is 22.8 Å². The number of aromatic nitrogens is 1. The number of hydrogen-bond acceptors (Lipinski definition) is 8. The number of allylic oxidation sites excluding steroid dienone is 1. The van der Waals surface area contributed by atoms with Gasteiger partial charge in [0.15, 0.2) is 5.76 Å². The summed E-state index contributed by atoms with van der Waals surface area (Å²) in [7, 11) is -3.75. The number of piperazine rings is 1. The molecule has 0 atom stereocenters. The molecule has 2 aliphatic heterocycles. The van der Waals surface area contributed by atoms with E-state index in [1.165, 1.54) is 9.88 Å². The van der Waals surface area contributed by atoms with Gasteiger partial charge in [0.2, 0.25) is 10.0 Å². The number of hydrogen-bond donors (Lipinski definition) is 0. The summed E-state index contributed by atoms with van der Waals surface area (Å²) in [5.41, 5.74) is 1.54. The van der Waals surface area contributed by atoms with Gasteiger partial charge in [0, 0.05) is 32.7 Å². The molecule has 0 N–H and O–H groups in total. The predicted molar refractivity (Wildman–Crippen MR) is 116 cm³/mol. The molecule has 0 radical (unpaired) electrons. The van der Waals surface area contributed by atoms with E-state index in [2.05, 4.69) is 11.2 Å². The number of nitrogens with zero attached hydrogens (tertiary/aromatic N) is 5. The molecule has 0 spiro atoms. The summed E-state index contributed by atoms with van der Waals surface area (Å²) < 4.78 is 32.3. The molecule has 2 saturated heterocycles. The Kier molecular flexibility index (Phi) is 6.68. The lowest BCUT2D eigenvalue weighted by molar-refractivity contribution is -0.144. The maximum Gasteiger partial charge on any atom is 0.335 e. The fourth-order valence-electron chi connectivity index (χ4n) is 4.54. The number of urea groups is 1. The molecule has 3 aliphatic rings. The SMILES string of the molecule is Cc1noc(C)c1S(=O)(=O)N1CCN(CN2C(=O)C(=O)N(CCC3=CCCCC3)C2=O)CC1. The minimum Gasteiger partial charge on any atom is -0.360 e. The topological polar surface area (TPSA) is 124 Å². The van der Waals surface area contributed by atoms with E-state index in [-0.39, 0.29) is 37.0 Å². The van der Waals surface area contributed by atoms with Crippen LogP contribution in [0, 0.1) is 13.8 Å². The van der Waals surface area contributed by atoms with Gasteiger partial charge in [-0.2, -0.15) is 4.31 Å². The van der Waals surface area contributed by atoms with Crippen LogP contribution in [0.5, 0.6) is 0 Å². The van der Waals surface area contributed by atoms with Gasteiger partial charge in [-0.05, 0) is 46.0 Å². The van der Waals surface area contributed by atoms with Crippen molar-refractivity contribution in [3.05, 3.63) is 23.1 Å². The number of carbonyl (C=O) groups is 3. The van der Waals surface area contributed by atoms with Gasteiger partial charge in [-0.25, -0.2) is 18.1 Å². The summed E-state index contributed by atoms with van der Waals surface area (Å²) in [6.45, 7) is 4.32. The van der Waals surface area contributed by atoms with E-state index in [1.54, 1.807) is 18.7 Å². The first-order chi connectivity index (χ1) is 15.7. The first kappa shape index (κ1) is 23.6. The fraction of sp³-hybridized carbons (Fsp3) is 0.619. The minimum absolute atomic E-state index is 0.0399. The summed E-state index contributed by atoms with van der Waals surface area (Å²) in [4.78, 5) is 41.5. The van der Waals surface area contributed by atoms with Gasteiger partial charge < -0.3 is 4.52 Å². The fourth-order valence-corrected chi connectivity index (χ4v) is 6.26. The van der Waals surface area contributed by atoms with E-state index in [0.717, 1.165) is 35.5 Å². The lowest BCUT2D eigenvalue weighted by atomic mass is 9.97. The number of carbonyl (C=O) groups excluding carboxylic acids is 3. The average molecular weight is 480 g/mol. The third kappa shape index (κ3) is 4.59. The molecular weight excluding hydrogens is 450 g/mol. The highest BCUT2D eigenvalue weighted by molar-refractivity contribution is 7.89. The van der Waals surface area contributed by atoms with Crippen molar-refractivity contribution in [3.63, 3.8) is 0 Å². The molecule has 2 fully saturated rings. The van der Waals surface area contributed by atoms with E-state index >= 15 is 0 Å². The molecule has 3 heterocycles. The Morgan fingerprint density at radius 2 is 1.70 bits per heavy atom. The third-order valence-corrected chi connectivity index (χ3v) is 8.56. The lowest BCUT2D eigenvalue weighted by Crippen LogP contribution is -2.52. The van der Waals surface area contributed by atoms with E-state index < -0.39 is 27.9 Å². The van der Waals surface area contributed by atoms with Crippen molar-refractivity contribution in [1.82, 2.24) is 24.2 Å². The Labute approximate surface area is 193 Å². The number of rotatable bonds is 7. The molecule has 0 saturated carbocycles. The minimum atomic E-state index is -3.75. The predicted octanol–water partition coefficient (Wildman–Crippen LogP) is 1.24. The molecule has 4 amide bonds. The van der Waals surface area contributed by atoms with Crippen molar-refractivity contribution in [2.24, 2.45) is 0 Å². The van der Waals surface area contributed by atoms with Crippen LogP contribution in [0.1, 0.15) is 43.6 Å². The standard InChI is InChI=1S/C21H29N5O6S/c1-15-18(16(2)32-22-15)33(30,31)24-12-10-23(11-13-24)14-26-20(28)19(27)25(21(26)29)9-8-17-6-4-3-5-7-17/h6H,3-5,7-14H2,1-2H3. The van der Waals surface area contributed by atoms with Crippen molar-refractivity contribution in [1.29, 1.82) is 0 Å². The Bertz CT molecular complexity index is 1070. The maximum atomic E-state index is 13.0. The van der Waals surface area contributed by atoms with Crippen LogP contribution in [0.15, 0.2) is 21.1 Å². The van der Waals surface area contributed by atoms with Gasteiger partial charge in [-0.1, -0.05) is 16.8 Å². The Morgan fingerprint density at radius 1 is 1.00 bits per heavy atom. The van der Waals surface area contributed by atoms with Crippen LogP contribution < -0.4 is 0 Å². The third-order valence-electron chi connectivity index (χ3n) is 6.42. The monoisotopic (exact) mass is 479 g/mol. The smallest absolute Gasteiger partial charge is 0.335 e. The zero-order valence-electron chi connectivity index (χ0n) is 18.9. The average Bonchev–Trinajstić information content (AvgIpc) is 3.25. The maximum absolute atomic E-state index is 13.0. The Balaban J connectivity index is 1.34. The largest absolute Gasteiger partial charge is 0.360 e. The highest BCUT2D eigenvalue weighted by Crippen LogP contribution is 2.25. The molecule has 11 nitrogen and oxygen atoms in total. The van der Waals surface area contributed by atoms with Crippen LogP contribution in [0.2, 0.25) is 0 Å². The molecule has 33 heavy (non-hydrogen) atoms. The molecule has 1 aromatic rings. The second-order valence-electron chi connectivity index (χ2n) is 8.65. The molecular formula is C21H29N5O6S. The zero-order chi connectivity index (χ0) is 23.8. The van der Waals surface area contributed by atoms with E-state index in [0.29, 0.717) is 25.2 Å². The Morgan fingerprint density at radius 3 is 2.30 bits per heavy atom. The second kappa shape index (κ2) is 9.35. The molecule has 0 aromatic carbocycles. The zero-order valence-corrected chi connectivity index (χ0v) is 19.8. The molecule has 0 unspecified atom stereocenters. The van der Waals surface area contributed by atoms with Crippen molar-refractivity contribution < 1.29 is 27.3 Å². The molecule has 12 heteroatoms. The van der Waals surface area contributed by atoms with Crippen molar-refractivity contribution in [3.8, 4) is 0 Å². The second-order valence-corrected chi connectivity index (χ2v) is 10.5. The van der Waals surface area contributed by atoms with Crippen LogP contribution >= 0.6 is 0 Å². The van der Waals surface area contributed by atoms with Gasteiger partial charge in [0.25, 0.3) is 0 Å². The van der Waals surface area contributed by atoms with Gasteiger partial charge in [0.1, 0.15) is 10.6 Å². The molecule has 1 aliphatic carbocycles. The summed E-state index contributed by atoms with van der Waals surface area (Å²) in [6.07, 6.45) is 7.00. The summed E-state index contributed by atoms with van der Waals surface area (Å²) >= 11 is 0. The molecule has 0 bridgehead atoms. The molecule has 4 rings (SSSR count). The summed E-state index contributed by atoms with van der Waals surface area (Å²) in [5, 5.41) is 3.72. The summed E-state index contributed by atoms with van der Waals surface area (Å²) in [6, 6.07) is -0.604. The number of amides is 4. The first-order valence-corrected chi connectivity index (χ1v) is 12.6. The highest BCUT2D eigenvalue weighted by atomic mass is 32.2. The van der Waals surface area contributed by atoms with E-state index in [4.69, 9.17) is 4.52 Å². The number of aryl methyl sites for hydroxylation is 2.